The number of thiazole rings is 1. The molecule has 130 valence electrons. The number of nitrogens with one attached hydrogen (secondary N) is 1. The molecule has 0 amide bonds. The fourth-order valence-corrected chi connectivity index (χ4v) is 4.54. The summed E-state index contributed by atoms with van der Waals surface area (Å²) in [5.41, 5.74) is 1.77. The van der Waals surface area contributed by atoms with E-state index in [9.17, 15) is 4.79 Å². The fourth-order valence-electron chi connectivity index (χ4n) is 3.55. The predicted octanol–water partition coefficient (Wildman–Crippen LogP) is 3.67. The minimum Gasteiger partial charge on any atom is -0.309 e. The van der Waals surface area contributed by atoms with Crippen molar-refractivity contribution < 1.29 is 0 Å². The molecule has 0 radical (unpaired) electrons. The monoisotopic (exact) mass is 354 g/mol. The SMILES string of the molecule is CN(Cc1csc(C2CCCC2)n1)Cc1nc2ccccc2c(=O)[nH]1. The second-order valence-corrected chi connectivity index (χ2v) is 7.75. The zero-order chi connectivity index (χ0) is 17.2. The Kier molecular flexibility index (Phi) is 4.63. The first-order chi connectivity index (χ1) is 12.2. The van der Waals surface area contributed by atoms with Gasteiger partial charge in [-0.25, -0.2) is 9.97 Å². The normalized spacial score (nSPS) is 15.4. The van der Waals surface area contributed by atoms with Crippen molar-refractivity contribution in [2.45, 2.75) is 44.7 Å². The first-order valence-corrected chi connectivity index (χ1v) is 9.68. The van der Waals surface area contributed by atoms with Crippen molar-refractivity contribution in [2.75, 3.05) is 7.05 Å². The summed E-state index contributed by atoms with van der Waals surface area (Å²) in [6.45, 7) is 1.36. The zero-order valence-corrected chi connectivity index (χ0v) is 15.2. The first kappa shape index (κ1) is 16.4. The maximum atomic E-state index is 12.2. The summed E-state index contributed by atoms with van der Waals surface area (Å²) < 4.78 is 0. The molecule has 1 aliphatic rings. The van der Waals surface area contributed by atoms with Gasteiger partial charge < -0.3 is 4.98 Å². The van der Waals surface area contributed by atoms with Crippen LogP contribution in [0.1, 0.15) is 48.1 Å². The van der Waals surface area contributed by atoms with Gasteiger partial charge in [0, 0.05) is 17.8 Å². The number of fused-ring (bicyclic) bond motifs is 1. The molecule has 3 aromatic rings. The lowest BCUT2D eigenvalue weighted by Gasteiger charge is -2.14. The third-order valence-corrected chi connectivity index (χ3v) is 5.84. The molecule has 25 heavy (non-hydrogen) atoms. The van der Waals surface area contributed by atoms with Crippen molar-refractivity contribution in [3.8, 4) is 0 Å². The molecule has 0 aliphatic heterocycles. The van der Waals surface area contributed by atoms with Crippen LogP contribution >= 0.6 is 11.3 Å². The van der Waals surface area contributed by atoms with Crippen molar-refractivity contribution in [1.29, 1.82) is 0 Å². The maximum Gasteiger partial charge on any atom is 0.258 e. The number of rotatable bonds is 5. The lowest BCUT2D eigenvalue weighted by Crippen LogP contribution is -2.22. The van der Waals surface area contributed by atoms with Crippen molar-refractivity contribution in [3.63, 3.8) is 0 Å². The van der Waals surface area contributed by atoms with E-state index in [-0.39, 0.29) is 5.56 Å². The Labute approximate surface area is 150 Å². The maximum absolute atomic E-state index is 12.2. The number of benzene rings is 1. The zero-order valence-electron chi connectivity index (χ0n) is 14.4. The van der Waals surface area contributed by atoms with Crippen LogP contribution in [0.5, 0.6) is 0 Å². The molecule has 1 N–H and O–H groups in total. The Morgan fingerprint density at radius 1 is 1.20 bits per heavy atom. The van der Waals surface area contributed by atoms with Crippen LogP contribution in [-0.2, 0) is 13.1 Å². The van der Waals surface area contributed by atoms with Gasteiger partial charge in [0.1, 0.15) is 5.82 Å². The van der Waals surface area contributed by atoms with E-state index in [1.165, 1.54) is 30.7 Å². The molecule has 2 aromatic heterocycles. The highest BCUT2D eigenvalue weighted by molar-refractivity contribution is 7.09. The fraction of sp³-hybridized carbons (Fsp3) is 0.421. The average molecular weight is 354 g/mol. The summed E-state index contributed by atoms with van der Waals surface area (Å²) in [6, 6.07) is 7.44. The van der Waals surface area contributed by atoms with E-state index in [1.54, 1.807) is 17.4 Å². The average Bonchev–Trinajstić information content (AvgIpc) is 3.26. The summed E-state index contributed by atoms with van der Waals surface area (Å²) >= 11 is 1.79. The van der Waals surface area contributed by atoms with E-state index < -0.39 is 0 Å². The molecule has 1 fully saturated rings. The summed E-state index contributed by atoms with van der Waals surface area (Å²) in [5.74, 6) is 1.36. The number of aromatic amines is 1. The number of para-hydroxylation sites is 1. The van der Waals surface area contributed by atoms with Crippen molar-refractivity contribution in [1.82, 2.24) is 19.9 Å². The van der Waals surface area contributed by atoms with Gasteiger partial charge in [-0.3, -0.25) is 9.69 Å². The molecule has 1 aromatic carbocycles. The van der Waals surface area contributed by atoms with Crippen LogP contribution < -0.4 is 5.56 Å². The van der Waals surface area contributed by atoms with Gasteiger partial charge >= 0.3 is 0 Å². The Morgan fingerprint density at radius 2 is 2.00 bits per heavy atom. The van der Waals surface area contributed by atoms with Crippen LogP contribution in [0.2, 0.25) is 0 Å². The lowest BCUT2D eigenvalue weighted by atomic mass is 10.1. The summed E-state index contributed by atoms with van der Waals surface area (Å²) in [7, 11) is 2.03. The van der Waals surface area contributed by atoms with Crippen LogP contribution in [-0.4, -0.2) is 26.9 Å². The predicted molar refractivity (Wildman–Crippen MR) is 101 cm³/mol. The standard InChI is InChI=1S/C19H22N4OS/c1-23(10-14-12-25-19(20-14)13-6-2-3-7-13)11-17-21-16-9-5-4-8-15(16)18(24)22-17/h4-5,8-9,12-13H,2-3,6-7,10-11H2,1H3,(H,21,22,24). The number of aromatic nitrogens is 3. The highest BCUT2D eigenvalue weighted by Crippen LogP contribution is 2.35. The van der Waals surface area contributed by atoms with Crippen LogP contribution in [0.15, 0.2) is 34.4 Å². The van der Waals surface area contributed by atoms with Gasteiger partial charge in [0.25, 0.3) is 5.56 Å². The smallest absolute Gasteiger partial charge is 0.258 e. The minimum absolute atomic E-state index is 0.0776. The molecular formula is C19H22N4OS. The molecule has 0 unspecified atom stereocenters. The van der Waals surface area contributed by atoms with Gasteiger partial charge in [-0.1, -0.05) is 25.0 Å². The summed E-state index contributed by atoms with van der Waals surface area (Å²) in [5, 5.41) is 4.09. The molecule has 6 heteroatoms. The third kappa shape index (κ3) is 3.65. The van der Waals surface area contributed by atoms with Gasteiger partial charge in [0.2, 0.25) is 0 Å². The number of hydrogen-bond donors (Lipinski definition) is 1. The van der Waals surface area contributed by atoms with Crippen LogP contribution in [0, 0.1) is 0 Å². The largest absolute Gasteiger partial charge is 0.309 e. The molecule has 0 spiro atoms. The van der Waals surface area contributed by atoms with Gasteiger partial charge in [-0.15, -0.1) is 11.3 Å². The Morgan fingerprint density at radius 3 is 2.84 bits per heavy atom. The van der Waals surface area contributed by atoms with Gasteiger partial charge in [-0.2, -0.15) is 0 Å². The molecule has 0 saturated heterocycles. The molecule has 1 aliphatic carbocycles. The summed E-state index contributed by atoms with van der Waals surface area (Å²) in [6.07, 6.45) is 5.23. The molecule has 2 heterocycles. The summed E-state index contributed by atoms with van der Waals surface area (Å²) in [4.78, 5) is 26.6. The molecule has 4 rings (SSSR count). The van der Waals surface area contributed by atoms with Crippen LogP contribution in [0.4, 0.5) is 0 Å². The van der Waals surface area contributed by atoms with Crippen molar-refractivity contribution in [2.24, 2.45) is 0 Å². The second kappa shape index (κ2) is 7.06. The first-order valence-electron chi connectivity index (χ1n) is 8.80. The van der Waals surface area contributed by atoms with E-state index in [4.69, 9.17) is 4.98 Å². The molecule has 1 saturated carbocycles. The lowest BCUT2D eigenvalue weighted by molar-refractivity contribution is 0.307. The molecule has 0 bridgehead atoms. The Balaban J connectivity index is 1.45. The van der Waals surface area contributed by atoms with E-state index in [2.05, 4.69) is 20.2 Å². The highest BCUT2D eigenvalue weighted by atomic mass is 32.1. The van der Waals surface area contributed by atoms with Crippen molar-refractivity contribution in [3.05, 3.63) is 56.5 Å². The van der Waals surface area contributed by atoms with Crippen LogP contribution in [0.25, 0.3) is 10.9 Å². The minimum atomic E-state index is -0.0776. The molecular weight excluding hydrogens is 332 g/mol. The Bertz CT molecular complexity index is 926. The van der Waals surface area contributed by atoms with E-state index >= 15 is 0 Å². The third-order valence-electron chi connectivity index (χ3n) is 4.79. The number of hydrogen-bond acceptors (Lipinski definition) is 5. The highest BCUT2D eigenvalue weighted by Gasteiger charge is 2.20. The second-order valence-electron chi connectivity index (χ2n) is 6.86. The number of nitrogens with zero attached hydrogens (tertiary/aromatic N) is 3. The number of H-pyrrole nitrogens is 1. The van der Waals surface area contributed by atoms with E-state index in [0.29, 0.717) is 23.7 Å². The van der Waals surface area contributed by atoms with Gasteiger partial charge in [-0.05, 0) is 32.0 Å². The quantitative estimate of drug-likeness (QED) is 0.759. The molecule has 5 nitrogen and oxygen atoms in total. The van der Waals surface area contributed by atoms with Gasteiger partial charge in [0.05, 0.1) is 28.1 Å². The van der Waals surface area contributed by atoms with Crippen molar-refractivity contribution >= 4 is 22.2 Å². The topological polar surface area (TPSA) is 61.9 Å². The van der Waals surface area contributed by atoms with E-state index in [1.807, 2.05) is 25.2 Å². The van der Waals surface area contributed by atoms with E-state index in [0.717, 1.165) is 17.8 Å². The van der Waals surface area contributed by atoms with Crippen LogP contribution in [0.3, 0.4) is 0 Å². The van der Waals surface area contributed by atoms with Gasteiger partial charge in [0.15, 0.2) is 0 Å². The molecule has 0 atom stereocenters. The Hall–Kier alpha value is -2.05.